The minimum absolute atomic E-state index is 0.00582. The Hall–Kier alpha value is -2.82. The smallest absolute Gasteiger partial charge is 0.258 e. The third-order valence-corrected chi connectivity index (χ3v) is 5.54. The van der Waals surface area contributed by atoms with Gasteiger partial charge in [-0.05, 0) is 62.4 Å². The monoisotopic (exact) mass is 378 g/mol. The van der Waals surface area contributed by atoms with E-state index in [0.717, 1.165) is 36.4 Å². The summed E-state index contributed by atoms with van der Waals surface area (Å²) in [6, 6.07) is 15.1. The first-order chi connectivity index (χ1) is 13.6. The number of nitrogens with zero attached hydrogens (tertiary/aromatic N) is 2. The van der Waals surface area contributed by atoms with Crippen LogP contribution in [-0.4, -0.2) is 31.0 Å². The number of rotatable bonds is 3. The van der Waals surface area contributed by atoms with E-state index in [1.54, 1.807) is 16.7 Å². The Morgan fingerprint density at radius 3 is 2.29 bits per heavy atom. The summed E-state index contributed by atoms with van der Waals surface area (Å²) in [6.07, 6.45) is 5.57. The average molecular weight is 378 g/mol. The molecular formula is C23H26N2O3. The standard InChI is InChI=1S/C23H26N2O3/c1-17(26)24-14-7-15-25(22-13-5-4-12-21(22)24)23(27)18-8-6-11-20(16-18)28-19-9-2-3-10-19/h4-6,8,11-13,16,19H,2-3,7,9-10,14-15H2,1H3. The van der Waals surface area contributed by atoms with Crippen molar-refractivity contribution in [2.75, 3.05) is 22.9 Å². The second kappa shape index (κ2) is 8.05. The van der Waals surface area contributed by atoms with Crippen molar-refractivity contribution >= 4 is 23.2 Å². The van der Waals surface area contributed by atoms with Crippen molar-refractivity contribution in [1.29, 1.82) is 0 Å². The molecule has 0 bridgehead atoms. The lowest BCUT2D eigenvalue weighted by Crippen LogP contribution is -2.31. The number of carbonyl (C=O) groups is 2. The number of hydrogen-bond acceptors (Lipinski definition) is 3. The molecule has 1 heterocycles. The van der Waals surface area contributed by atoms with Gasteiger partial charge in [0, 0.05) is 25.6 Å². The summed E-state index contributed by atoms with van der Waals surface area (Å²) in [6.45, 7) is 2.76. The Bertz CT molecular complexity index is 874. The topological polar surface area (TPSA) is 49.9 Å². The lowest BCUT2D eigenvalue weighted by Gasteiger charge is -2.25. The first-order valence-corrected chi connectivity index (χ1v) is 10.1. The molecular weight excluding hydrogens is 352 g/mol. The van der Waals surface area contributed by atoms with Crippen LogP contribution in [0.2, 0.25) is 0 Å². The van der Waals surface area contributed by atoms with E-state index in [1.165, 1.54) is 12.8 Å². The Morgan fingerprint density at radius 2 is 1.57 bits per heavy atom. The molecule has 2 amide bonds. The normalized spacial score (nSPS) is 17.2. The summed E-state index contributed by atoms with van der Waals surface area (Å²) < 4.78 is 6.07. The predicted molar refractivity (Wildman–Crippen MR) is 110 cm³/mol. The molecule has 0 unspecified atom stereocenters. The molecule has 4 rings (SSSR count). The van der Waals surface area contributed by atoms with E-state index in [4.69, 9.17) is 4.74 Å². The zero-order chi connectivity index (χ0) is 19.5. The van der Waals surface area contributed by atoms with Gasteiger partial charge >= 0.3 is 0 Å². The second-order valence-corrected chi connectivity index (χ2v) is 7.52. The van der Waals surface area contributed by atoms with E-state index in [9.17, 15) is 9.59 Å². The molecule has 1 saturated carbocycles. The van der Waals surface area contributed by atoms with Crippen molar-refractivity contribution in [2.24, 2.45) is 0 Å². The van der Waals surface area contributed by atoms with Crippen molar-refractivity contribution in [3.8, 4) is 5.75 Å². The van der Waals surface area contributed by atoms with Crippen LogP contribution in [0.4, 0.5) is 11.4 Å². The largest absolute Gasteiger partial charge is 0.490 e. The molecule has 0 spiro atoms. The summed E-state index contributed by atoms with van der Waals surface area (Å²) in [4.78, 5) is 29.0. The molecule has 5 heteroatoms. The van der Waals surface area contributed by atoms with Gasteiger partial charge in [-0.15, -0.1) is 0 Å². The van der Waals surface area contributed by atoms with Gasteiger partial charge in [0.2, 0.25) is 5.91 Å². The van der Waals surface area contributed by atoms with Crippen LogP contribution in [0, 0.1) is 0 Å². The lowest BCUT2D eigenvalue weighted by atomic mass is 10.1. The van der Waals surface area contributed by atoms with E-state index in [2.05, 4.69) is 0 Å². The van der Waals surface area contributed by atoms with Crippen molar-refractivity contribution in [1.82, 2.24) is 0 Å². The van der Waals surface area contributed by atoms with Crippen LogP contribution in [0.15, 0.2) is 48.5 Å². The number of fused-ring (bicyclic) bond motifs is 1. The van der Waals surface area contributed by atoms with Crippen molar-refractivity contribution in [3.05, 3.63) is 54.1 Å². The van der Waals surface area contributed by atoms with Gasteiger partial charge in [0.05, 0.1) is 17.5 Å². The fourth-order valence-electron chi connectivity index (χ4n) is 4.14. The molecule has 28 heavy (non-hydrogen) atoms. The van der Waals surface area contributed by atoms with E-state index in [-0.39, 0.29) is 17.9 Å². The molecule has 1 aliphatic carbocycles. The Kier molecular flexibility index (Phi) is 5.33. The second-order valence-electron chi connectivity index (χ2n) is 7.52. The van der Waals surface area contributed by atoms with Gasteiger partial charge in [0.25, 0.3) is 5.91 Å². The van der Waals surface area contributed by atoms with Crippen LogP contribution in [0.25, 0.3) is 0 Å². The molecule has 2 aliphatic rings. The maximum absolute atomic E-state index is 13.3. The zero-order valence-corrected chi connectivity index (χ0v) is 16.3. The van der Waals surface area contributed by atoms with Crippen LogP contribution in [0.3, 0.4) is 0 Å². The van der Waals surface area contributed by atoms with E-state index in [0.29, 0.717) is 18.7 Å². The molecule has 2 aromatic rings. The van der Waals surface area contributed by atoms with Crippen LogP contribution < -0.4 is 14.5 Å². The fraction of sp³-hybridized carbons (Fsp3) is 0.391. The highest BCUT2D eigenvalue weighted by Crippen LogP contribution is 2.33. The summed E-state index contributed by atoms with van der Waals surface area (Å²) in [7, 11) is 0. The number of anilines is 2. The average Bonchev–Trinajstić information content (AvgIpc) is 3.13. The molecule has 5 nitrogen and oxygen atoms in total. The van der Waals surface area contributed by atoms with Gasteiger partial charge in [0.15, 0.2) is 0 Å². The number of ether oxygens (including phenoxy) is 1. The molecule has 0 aromatic heterocycles. The van der Waals surface area contributed by atoms with E-state index < -0.39 is 0 Å². The summed E-state index contributed by atoms with van der Waals surface area (Å²) in [5, 5.41) is 0. The number of hydrogen-bond donors (Lipinski definition) is 0. The van der Waals surface area contributed by atoms with Gasteiger partial charge in [-0.3, -0.25) is 9.59 Å². The number of para-hydroxylation sites is 2. The first-order valence-electron chi connectivity index (χ1n) is 10.1. The minimum Gasteiger partial charge on any atom is -0.490 e. The van der Waals surface area contributed by atoms with Crippen molar-refractivity contribution in [2.45, 2.75) is 45.1 Å². The summed E-state index contributed by atoms with van der Waals surface area (Å²) in [5.74, 6) is 0.689. The highest BCUT2D eigenvalue weighted by atomic mass is 16.5. The maximum Gasteiger partial charge on any atom is 0.258 e. The third-order valence-electron chi connectivity index (χ3n) is 5.54. The van der Waals surface area contributed by atoms with Gasteiger partial charge in [-0.1, -0.05) is 18.2 Å². The molecule has 146 valence electrons. The number of benzene rings is 2. The highest BCUT2D eigenvalue weighted by molar-refractivity contribution is 6.09. The van der Waals surface area contributed by atoms with Crippen LogP contribution in [0.1, 0.15) is 49.4 Å². The van der Waals surface area contributed by atoms with Gasteiger partial charge < -0.3 is 14.5 Å². The lowest BCUT2D eigenvalue weighted by molar-refractivity contribution is -0.116. The number of carbonyl (C=O) groups excluding carboxylic acids is 2. The summed E-state index contributed by atoms with van der Waals surface area (Å²) >= 11 is 0. The van der Waals surface area contributed by atoms with Crippen LogP contribution in [-0.2, 0) is 4.79 Å². The molecule has 0 N–H and O–H groups in total. The molecule has 1 fully saturated rings. The molecule has 2 aromatic carbocycles. The van der Waals surface area contributed by atoms with Gasteiger partial charge in [-0.25, -0.2) is 0 Å². The molecule has 0 atom stereocenters. The predicted octanol–water partition coefficient (Wildman–Crippen LogP) is 4.41. The first kappa shape index (κ1) is 18.5. The van der Waals surface area contributed by atoms with Crippen molar-refractivity contribution < 1.29 is 14.3 Å². The quantitative estimate of drug-likeness (QED) is 0.795. The zero-order valence-electron chi connectivity index (χ0n) is 16.3. The fourth-order valence-corrected chi connectivity index (χ4v) is 4.14. The minimum atomic E-state index is -0.0604. The summed E-state index contributed by atoms with van der Waals surface area (Å²) in [5.41, 5.74) is 2.18. The Morgan fingerprint density at radius 1 is 0.893 bits per heavy atom. The van der Waals surface area contributed by atoms with Crippen molar-refractivity contribution in [3.63, 3.8) is 0 Å². The number of amides is 2. The SMILES string of the molecule is CC(=O)N1CCCN(C(=O)c2cccc(OC3CCCC3)c2)c2ccccc21. The maximum atomic E-state index is 13.3. The van der Waals surface area contributed by atoms with Gasteiger partial charge in [0.1, 0.15) is 5.75 Å². The highest BCUT2D eigenvalue weighted by Gasteiger charge is 2.27. The molecule has 0 saturated heterocycles. The Balaban J connectivity index is 1.62. The van der Waals surface area contributed by atoms with Crippen LogP contribution >= 0.6 is 0 Å². The molecule has 0 radical (unpaired) electrons. The van der Waals surface area contributed by atoms with E-state index in [1.807, 2.05) is 48.5 Å². The van der Waals surface area contributed by atoms with Crippen LogP contribution in [0.5, 0.6) is 5.75 Å². The Labute approximate surface area is 165 Å². The van der Waals surface area contributed by atoms with Gasteiger partial charge in [-0.2, -0.15) is 0 Å². The third kappa shape index (κ3) is 3.75. The van der Waals surface area contributed by atoms with E-state index >= 15 is 0 Å². The molecule has 1 aliphatic heterocycles.